The summed E-state index contributed by atoms with van der Waals surface area (Å²) in [6.07, 6.45) is 2.28. The minimum absolute atomic E-state index is 0.341. The van der Waals surface area contributed by atoms with Gasteiger partial charge in [0.05, 0.1) is 0 Å². The van der Waals surface area contributed by atoms with Crippen LogP contribution < -0.4 is 10.6 Å². The number of benzene rings is 1. The number of anilines is 1. The first kappa shape index (κ1) is 14.4. The van der Waals surface area contributed by atoms with Gasteiger partial charge in [0.2, 0.25) is 0 Å². The van der Waals surface area contributed by atoms with Crippen LogP contribution in [0.4, 0.5) is 10.5 Å². The van der Waals surface area contributed by atoms with E-state index >= 15 is 0 Å². The van der Waals surface area contributed by atoms with Crippen molar-refractivity contribution in [1.29, 1.82) is 0 Å². The van der Waals surface area contributed by atoms with Gasteiger partial charge < -0.3 is 15.7 Å². The van der Waals surface area contributed by atoms with Crippen LogP contribution in [0.1, 0.15) is 13.3 Å². The molecule has 0 aliphatic rings. The predicted octanol–water partition coefficient (Wildman–Crippen LogP) is 2.39. The molecule has 2 amide bonds. The zero-order valence-electron chi connectivity index (χ0n) is 10.3. The fourth-order valence-electron chi connectivity index (χ4n) is 1.36. The van der Waals surface area contributed by atoms with Crippen LogP contribution >= 0.6 is 11.8 Å². The largest absolute Gasteiger partial charge is 0.480 e. The van der Waals surface area contributed by atoms with E-state index < -0.39 is 18.0 Å². The second-order valence-corrected chi connectivity index (χ2v) is 4.51. The van der Waals surface area contributed by atoms with Crippen molar-refractivity contribution in [2.24, 2.45) is 0 Å². The Kier molecular flexibility index (Phi) is 5.51. The number of rotatable bonds is 5. The van der Waals surface area contributed by atoms with E-state index in [4.69, 9.17) is 5.11 Å². The van der Waals surface area contributed by atoms with Gasteiger partial charge in [0, 0.05) is 10.6 Å². The monoisotopic (exact) mass is 268 g/mol. The Hall–Kier alpha value is -1.69. The molecular weight excluding hydrogens is 252 g/mol. The van der Waals surface area contributed by atoms with E-state index in [1.54, 1.807) is 24.8 Å². The quantitative estimate of drug-likeness (QED) is 0.716. The summed E-state index contributed by atoms with van der Waals surface area (Å²) in [4.78, 5) is 23.4. The molecule has 1 aromatic rings. The molecule has 1 atom stereocenters. The van der Waals surface area contributed by atoms with E-state index in [9.17, 15) is 9.59 Å². The molecule has 0 fully saturated rings. The maximum atomic E-state index is 11.6. The van der Waals surface area contributed by atoms with Gasteiger partial charge in [0.15, 0.2) is 0 Å². The molecule has 0 radical (unpaired) electrons. The van der Waals surface area contributed by atoms with E-state index in [0.29, 0.717) is 12.1 Å². The highest BCUT2D eigenvalue weighted by molar-refractivity contribution is 7.98. The fourth-order valence-corrected chi connectivity index (χ4v) is 1.82. The molecule has 0 heterocycles. The number of carbonyl (C=O) groups excluding carboxylic acids is 1. The number of urea groups is 1. The molecule has 5 nitrogen and oxygen atoms in total. The van der Waals surface area contributed by atoms with Gasteiger partial charge in [-0.15, -0.1) is 11.8 Å². The highest BCUT2D eigenvalue weighted by Gasteiger charge is 2.17. The third-order valence-corrected chi connectivity index (χ3v) is 3.06. The van der Waals surface area contributed by atoms with E-state index in [1.165, 1.54) is 0 Å². The van der Waals surface area contributed by atoms with Gasteiger partial charge in [0.1, 0.15) is 6.04 Å². The standard InChI is InChI=1S/C12H16N2O3S/c1-3-10(11(15)16)14-12(17)13-8-5-4-6-9(7-8)18-2/h4-7,10H,3H2,1-2H3,(H,15,16)(H2,13,14,17). The maximum Gasteiger partial charge on any atom is 0.326 e. The summed E-state index contributed by atoms with van der Waals surface area (Å²) in [5, 5.41) is 13.8. The number of nitrogens with one attached hydrogen (secondary N) is 2. The summed E-state index contributed by atoms with van der Waals surface area (Å²) in [6, 6.07) is 5.96. The van der Waals surface area contributed by atoms with Crippen LogP contribution in [0.3, 0.4) is 0 Å². The van der Waals surface area contributed by atoms with Gasteiger partial charge in [-0.3, -0.25) is 0 Å². The number of aliphatic carboxylic acids is 1. The first-order valence-corrected chi connectivity index (χ1v) is 6.73. The molecule has 98 valence electrons. The van der Waals surface area contributed by atoms with E-state index in [2.05, 4.69) is 10.6 Å². The molecule has 6 heteroatoms. The van der Waals surface area contributed by atoms with Crippen molar-refractivity contribution < 1.29 is 14.7 Å². The van der Waals surface area contributed by atoms with Gasteiger partial charge in [-0.2, -0.15) is 0 Å². The minimum Gasteiger partial charge on any atom is -0.480 e. The van der Waals surface area contributed by atoms with Crippen LogP contribution in [-0.2, 0) is 4.79 Å². The van der Waals surface area contributed by atoms with Crippen molar-refractivity contribution in [3.05, 3.63) is 24.3 Å². The van der Waals surface area contributed by atoms with Crippen molar-refractivity contribution >= 4 is 29.4 Å². The van der Waals surface area contributed by atoms with E-state index in [-0.39, 0.29) is 0 Å². The molecule has 1 aromatic carbocycles. The Morgan fingerprint density at radius 1 is 1.44 bits per heavy atom. The smallest absolute Gasteiger partial charge is 0.326 e. The summed E-state index contributed by atoms with van der Waals surface area (Å²) in [7, 11) is 0. The van der Waals surface area contributed by atoms with Crippen LogP contribution in [-0.4, -0.2) is 29.4 Å². The molecule has 0 aliphatic heterocycles. The van der Waals surface area contributed by atoms with Crippen molar-refractivity contribution in [2.45, 2.75) is 24.3 Å². The molecule has 0 saturated carbocycles. The molecule has 0 aliphatic carbocycles. The highest BCUT2D eigenvalue weighted by Crippen LogP contribution is 2.18. The van der Waals surface area contributed by atoms with Crippen molar-refractivity contribution in [2.75, 3.05) is 11.6 Å². The number of amides is 2. The lowest BCUT2D eigenvalue weighted by atomic mass is 10.2. The number of hydrogen-bond donors (Lipinski definition) is 3. The van der Waals surface area contributed by atoms with Gasteiger partial charge >= 0.3 is 12.0 Å². The minimum atomic E-state index is -1.04. The second-order valence-electron chi connectivity index (χ2n) is 3.63. The predicted molar refractivity (Wildman–Crippen MR) is 72.1 cm³/mol. The summed E-state index contributed by atoms with van der Waals surface area (Å²) in [6.45, 7) is 1.70. The molecule has 0 spiro atoms. The van der Waals surface area contributed by atoms with Gasteiger partial charge in [-0.1, -0.05) is 13.0 Å². The number of hydrogen-bond acceptors (Lipinski definition) is 3. The molecule has 3 N–H and O–H groups in total. The Labute approximate surface area is 110 Å². The first-order chi connectivity index (χ1) is 8.56. The average molecular weight is 268 g/mol. The Bertz CT molecular complexity index is 437. The number of carboxylic acids is 1. The SMILES string of the molecule is CCC(NC(=O)Nc1cccc(SC)c1)C(=O)O. The molecule has 0 aromatic heterocycles. The molecule has 1 unspecified atom stereocenters. The second kappa shape index (κ2) is 6.90. The van der Waals surface area contributed by atoms with Crippen LogP contribution in [0.5, 0.6) is 0 Å². The lowest BCUT2D eigenvalue weighted by Gasteiger charge is -2.13. The first-order valence-electron chi connectivity index (χ1n) is 5.51. The zero-order valence-corrected chi connectivity index (χ0v) is 11.1. The Morgan fingerprint density at radius 2 is 2.17 bits per heavy atom. The van der Waals surface area contributed by atoms with Gasteiger partial charge in [-0.25, -0.2) is 9.59 Å². The fraction of sp³-hybridized carbons (Fsp3) is 0.333. The third kappa shape index (κ3) is 4.29. The Balaban J connectivity index is 2.61. The number of carbonyl (C=O) groups is 2. The summed E-state index contributed by atoms with van der Waals surface area (Å²) in [5.74, 6) is -1.04. The van der Waals surface area contributed by atoms with Crippen LogP contribution in [0.15, 0.2) is 29.2 Å². The molecule has 1 rings (SSSR count). The number of carboxylic acid groups (broad SMARTS) is 1. The van der Waals surface area contributed by atoms with Crippen molar-refractivity contribution in [3.63, 3.8) is 0 Å². The molecular formula is C12H16N2O3S. The summed E-state index contributed by atoms with van der Waals surface area (Å²) < 4.78 is 0. The topological polar surface area (TPSA) is 78.4 Å². The average Bonchev–Trinajstić information content (AvgIpc) is 2.35. The number of thioether (sulfide) groups is 1. The Morgan fingerprint density at radius 3 is 2.72 bits per heavy atom. The van der Waals surface area contributed by atoms with Crippen molar-refractivity contribution in [3.8, 4) is 0 Å². The maximum absolute atomic E-state index is 11.6. The van der Waals surface area contributed by atoms with E-state index in [1.807, 2.05) is 24.5 Å². The normalized spacial score (nSPS) is 11.7. The molecule has 0 bridgehead atoms. The van der Waals surface area contributed by atoms with Gasteiger partial charge in [-0.05, 0) is 30.9 Å². The van der Waals surface area contributed by atoms with Crippen LogP contribution in [0.25, 0.3) is 0 Å². The zero-order chi connectivity index (χ0) is 13.5. The van der Waals surface area contributed by atoms with Gasteiger partial charge in [0.25, 0.3) is 0 Å². The lowest BCUT2D eigenvalue weighted by molar-refractivity contribution is -0.139. The lowest BCUT2D eigenvalue weighted by Crippen LogP contribution is -2.42. The summed E-state index contributed by atoms with van der Waals surface area (Å²) >= 11 is 1.57. The molecule has 0 saturated heterocycles. The van der Waals surface area contributed by atoms with Crippen molar-refractivity contribution in [1.82, 2.24) is 5.32 Å². The van der Waals surface area contributed by atoms with Crippen LogP contribution in [0.2, 0.25) is 0 Å². The highest BCUT2D eigenvalue weighted by atomic mass is 32.2. The molecule has 18 heavy (non-hydrogen) atoms. The van der Waals surface area contributed by atoms with Crippen LogP contribution in [0, 0.1) is 0 Å². The third-order valence-electron chi connectivity index (χ3n) is 2.34. The summed E-state index contributed by atoms with van der Waals surface area (Å²) in [5.41, 5.74) is 0.639. The van der Waals surface area contributed by atoms with E-state index in [0.717, 1.165) is 4.90 Å².